The predicted molar refractivity (Wildman–Crippen MR) is 126 cm³/mol. The van der Waals surface area contributed by atoms with Gasteiger partial charge in [-0.2, -0.15) is 0 Å². The number of rotatable bonds is 8. The number of amides is 1. The number of hydrogen-bond donors (Lipinski definition) is 1. The van der Waals surface area contributed by atoms with Gasteiger partial charge in [0.15, 0.2) is 0 Å². The van der Waals surface area contributed by atoms with Gasteiger partial charge in [0.1, 0.15) is 18.9 Å². The monoisotopic (exact) mass is 443 g/mol. The summed E-state index contributed by atoms with van der Waals surface area (Å²) in [6, 6.07) is 29.1. The fraction of sp³-hybridized carbons (Fsp3) is 0.192. The number of oxime groups is 2. The number of benzene rings is 3. The van der Waals surface area contributed by atoms with Gasteiger partial charge < -0.3 is 14.8 Å². The van der Waals surface area contributed by atoms with Crippen molar-refractivity contribution >= 4 is 17.6 Å². The molecule has 7 heteroatoms. The summed E-state index contributed by atoms with van der Waals surface area (Å²) < 4.78 is 0. The molecule has 1 atom stereocenters. The smallest absolute Gasteiger partial charge is 0.413 e. The summed E-state index contributed by atoms with van der Waals surface area (Å²) in [7, 11) is 0. The molecule has 1 N–H and O–H groups in total. The van der Waals surface area contributed by atoms with Gasteiger partial charge in [0, 0.05) is 12.5 Å². The summed E-state index contributed by atoms with van der Waals surface area (Å²) in [6.07, 6.45) is -0.501. The zero-order chi connectivity index (χ0) is 22.9. The number of hydrogen-bond acceptors (Lipinski definition) is 5. The van der Waals surface area contributed by atoms with Crippen molar-refractivity contribution in [3.63, 3.8) is 0 Å². The highest BCUT2D eigenvalue weighted by molar-refractivity contribution is 6.45. The van der Waals surface area contributed by atoms with Crippen molar-refractivity contribution in [3.05, 3.63) is 108 Å². The zero-order valence-electron chi connectivity index (χ0n) is 18.1. The van der Waals surface area contributed by atoms with Gasteiger partial charge in [0.05, 0.1) is 0 Å². The van der Waals surface area contributed by atoms with Crippen molar-refractivity contribution in [2.45, 2.75) is 19.6 Å². The molecule has 1 fully saturated rings. The van der Waals surface area contributed by atoms with E-state index in [2.05, 4.69) is 10.3 Å². The fourth-order valence-corrected chi connectivity index (χ4v) is 3.65. The van der Waals surface area contributed by atoms with Crippen LogP contribution in [0.25, 0.3) is 0 Å². The Balaban J connectivity index is 1.57. The van der Waals surface area contributed by atoms with Gasteiger partial charge >= 0.3 is 6.09 Å². The van der Waals surface area contributed by atoms with E-state index >= 15 is 0 Å². The van der Waals surface area contributed by atoms with Crippen LogP contribution in [0.2, 0.25) is 0 Å². The van der Waals surface area contributed by atoms with Gasteiger partial charge in [-0.3, -0.25) is 4.90 Å². The Morgan fingerprint density at radius 1 is 0.788 bits per heavy atom. The molecule has 1 aliphatic rings. The van der Waals surface area contributed by atoms with Crippen LogP contribution >= 0.6 is 0 Å². The first-order valence-corrected chi connectivity index (χ1v) is 10.7. The second kappa shape index (κ2) is 10.9. The molecule has 3 aromatic rings. The second-order valence-electron chi connectivity index (χ2n) is 7.69. The number of carboxylic acid groups (broad SMARTS) is 1. The maximum absolute atomic E-state index is 12.0. The third-order valence-corrected chi connectivity index (χ3v) is 5.29. The van der Waals surface area contributed by atoms with E-state index in [0.29, 0.717) is 12.1 Å². The minimum Gasteiger partial charge on any atom is -0.465 e. The SMILES string of the molecule is O=C(O)N1CC(Cc2ccccc2)C(=N/OCc2ccccc2)/C1=N/OCc1ccccc1. The van der Waals surface area contributed by atoms with Crippen LogP contribution in [0.4, 0.5) is 4.79 Å². The Morgan fingerprint density at radius 2 is 1.27 bits per heavy atom. The van der Waals surface area contributed by atoms with Crippen LogP contribution in [0, 0.1) is 5.92 Å². The number of amidine groups is 1. The number of carbonyl (C=O) groups is 1. The summed E-state index contributed by atoms with van der Waals surface area (Å²) in [6.45, 7) is 0.720. The first-order chi connectivity index (χ1) is 16.2. The normalized spacial score (nSPS) is 17.9. The Bertz CT molecular complexity index is 1100. The minimum atomic E-state index is -1.11. The van der Waals surface area contributed by atoms with Gasteiger partial charge in [0.25, 0.3) is 0 Å². The highest BCUT2D eigenvalue weighted by Gasteiger charge is 2.40. The van der Waals surface area contributed by atoms with Crippen LogP contribution < -0.4 is 0 Å². The van der Waals surface area contributed by atoms with E-state index in [1.807, 2.05) is 91.0 Å². The molecule has 0 aliphatic carbocycles. The van der Waals surface area contributed by atoms with Crippen molar-refractivity contribution in [2.24, 2.45) is 16.2 Å². The average Bonchev–Trinajstić information content (AvgIpc) is 3.18. The molecule has 0 saturated carbocycles. The molecular formula is C26H25N3O4. The van der Waals surface area contributed by atoms with E-state index in [1.54, 1.807) is 0 Å². The molecule has 1 heterocycles. The van der Waals surface area contributed by atoms with Gasteiger partial charge in [0.2, 0.25) is 5.84 Å². The van der Waals surface area contributed by atoms with Crippen molar-refractivity contribution in [1.29, 1.82) is 0 Å². The van der Waals surface area contributed by atoms with E-state index in [9.17, 15) is 9.90 Å². The molecular weight excluding hydrogens is 418 g/mol. The molecule has 0 radical (unpaired) electrons. The van der Waals surface area contributed by atoms with Gasteiger partial charge in [-0.15, -0.1) is 0 Å². The van der Waals surface area contributed by atoms with Crippen LogP contribution in [-0.2, 0) is 29.3 Å². The fourth-order valence-electron chi connectivity index (χ4n) is 3.65. The van der Waals surface area contributed by atoms with Gasteiger partial charge in [-0.05, 0) is 23.1 Å². The molecule has 0 spiro atoms. The average molecular weight is 444 g/mol. The maximum atomic E-state index is 12.0. The Morgan fingerprint density at radius 3 is 1.79 bits per heavy atom. The van der Waals surface area contributed by atoms with Crippen molar-refractivity contribution in [3.8, 4) is 0 Å². The Labute approximate surface area is 192 Å². The summed E-state index contributed by atoms with van der Waals surface area (Å²) in [4.78, 5) is 24.3. The van der Waals surface area contributed by atoms with E-state index in [1.165, 1.54) is 4.90 Å². The first kappa shape index (κ1) is 22.1. The molecule has 4 rings (SSSR count). The third-order valence-electron chi connectivity index (χ3n) is 5.29. The lowest BCUT2D eigenvalue weighted by molar-refractivity contribution is 0.123. The van der Waals surface area contributed by atoms with E-state index in [-0.39, 0.29) is 31.5 Å². The lowest BCUT2D eigenvalue weighted by atomic mass is 9.97. The summed E-state index contributed by atoms with van der Waals surface area (Å²) in [5.74, 6) is -0.0502. The lowest BCUT2D eigenvalue weighted by Crippen LogP contribution is -2.33. The standard InChI is InChI=1S/C26H25N3O4/c30-26(31)29-17-23(16-20-10-4-1-5-11-20)24(27-32-18-21-12-6-2-7-13-21)25(29)28-33-19-22-14-8-3-9-15-22/h1-15,23H,16-19H2,(H,30,31)/b27-24-,28-25-. The first-order valence-electron chi connectivity index (χ1n) is 10.7. The van der Waals surface area contributed by atoms with E-state index in [0.717, 1.165) is 16.7 Å². The van der Waals surface area contributed by atoms with Gasteiger partial charge in [-0.1, -0.05) is 101 Å². The van der Waals surface area contributed by atoms with Crippen LogP contribution in [0.3, 0.4) is 0 Å². The van der Waals surface area contributed by atoms with Crippen LogP contribution in [0.5, 0.6) is 0 Å². The molecule has 1 aliphatic heterocycles. The summed E-state index contributed by atoms with van der Waals surface area (Å²) in [5, 5.41) is 18.3. The van der Waals surface area contributed by atoms with Crippen molar-refractivity contribution in [2.75, 3.05) is 6.54 Å². The minimum absolute atomic E-state index is 0.160. The van der Waals surface area contributed by atoms with Crippen LogP contribution in [0.1, 0.15) is 16.7 Å². The van der Waals surface area contributed by atoms with Gasteiger partial charge in [-0.25, -0.2) is 4.79 Å². The molecule has 0 aromatic heterocycles. The van der Waals surface area contributed by atoms with Crippen molar-refractivity contribution in [1.82, 2.24) is 4.90 Å². The molecule has 1 unspecified atom stereocenters. The highest BCUT2D eigenvalue weighted by atomic mass is 16.6. The summed E-state index contributed by atoms with van der Waals surface area (Å²) >= 11 is 0. The summed E-state index contributed by atoms with van der Waals surface area (Å²) in [5.41, 5.74) is 3.44. The molecule has 1 amide bonds. The second-order valence-corrected chi connectivity index (χ2v) is 7.69. The molecule has 0 bridgehead atoms. The molecule has 33 heavy (non-hydrogen) atoms. The molecule has 7 nitrogen and oxygen atoms in total. The lowest BCUT2D eigenvalue weighted by Gasteiger charge is -2.11. The Hall–Kier alpha value is -4.13. The highest BCUT2D eigenvalue weighted by Crippen LogP contribution is 2.23. The molecule has 3 aromatic carbocycles. The molecule has 1 saturated heterocycles. The Kier molecular flexibility index (Phi) is 7.33. The largest absolute Gasteiger partial charge is 0.465 e. The maximum Gasteiger partial charge on any atom is 0.413 e. The topological polar surface area (TPSA) is 83.7 Å². The third kappa shape index (κ3) is 5.98. The molecule has 168 valence electrons. The van der Waals surface area contributed by atoms with Crippen LogP contribution in [0.15, 0.2) is 101 Å². The predicted octanol–water partition coefficient (Wildman–Crippen LogP) is 4.94. The quantitative estimate of drug-likeness (QED) is 0.500. The van der Waals surface area contributed by atoms with Crippen molar-refractivity contribution < 1.29 is 19.6 Å². The van der Waals surface area contributed by atoms with Crippen LogP contribution in [-0.4, -0.2) is 34.2 Å². The number of likely N-dealkylation sites (tertiary alicyclic amines) is 1. The number of nitrogens with zero attached hydrogens (tertiary/aromatic N) is 3. The zero-order valence-corrected chi connectivity index (χ0v) is 18.1. The van der Waals surface area contributed by atoms with E-state index in [4.69, 9.17) is 9.68 Å². The van der Waals surface area contributed by atoms with E-state index < -0.39 is 6.09 Å².